The van der Waals surface area contributed by atoms with E-state index < -0.39 is 23.7 Å². The van der Waals surface area contributed by atoms with Crippen molar-refractivity contribution in [3.8, 4) is 0 Å². The van der Waals surface area contributed by atoms with E-state index in [1.165, 1.54) is 5.56 Å². The number of benzene rings is 1. The van der Waals surface area contributed by atoms with Crippen LogP contribution in [0.15, 0.2) is 30.3 Å². The molecule has 0 unspecified atom stereocenters. The highest BCUT2D eigenvalue weighted by Crippen LogP contribution is 2.09. The van der Waals surface area contributed by atoms with Crippen LogP contribution in [0.3, 0.4) is 0 Å². The molecule has 1 aromatic rings. The highest BCUT2D eigenvalue weighted by molar-refractivity contribution is 6.41. The van der Waals surface area contributed by atoms with Crippen molar-refractivity contribution < 1.29 is 14.4 Å². The first-order chi connectivity index (χ1) is 12.8. The summed E-state index contributed by atoms with van der Waals surface area (Å²) in [6.07, 6.45) is 4.44. The monoisotopic (exact) mass is 374 g/mol. The minimum atomic E-state index is -0.795. The van der Waals surface area contributed by atoms with Gasteiger partial charge in [-0.1, -0.05) is 63.9 Å². The maximum atomic E-state index is 12.6. The van der Waals surface area contributed by atoms with Gasteiger partial charge >= 0.3 is 0 Å². The Bertz CT molecular complexity index is 599. The quantitative estimate of drug-likeness (QED) is 0.519. The number of unbranched alkanes of at least 4 members (excludes halogenated alkanes) is 1. The van der Waals surface area contributed by atoms with E-state index in [0.29, 0.717) is 25.7 Å². The molecule has 2 atom stereocenters. The zero-order valence-electron chi connectivity index (χ0n) is 16.9. The number of aryl methyl sites for hydroxylation is 1. The average molecular weight is 375 g/mol. The fourth-order valence-corrected chi connectivity index (χ4v) is 3.01. The van der Waals surface area contributed by atoms with Gasteiger partial charge in [-0.25, -0.2) is 0 Å². The molecule has 0 heterocycles. The smallest absolute Gasteiger partial charge is 0.222 e. The van der Waals surface area contributed by atoms with Gasteiger partial charge in [0.15, 0.2) is 0 Å². The average Bonchev–Trinajstić information content (AvgIpc) is 2.64. The summed E-state index contributed by atoms with van der Waals surface area (Å²) in [5.74, 6) is -1.09. The first-order valence-corrected chi connectivity index (χ1v) is 10.0. The summed E-state index contributed by atoms with van der Waals surface area (Å²) in [5, 5.41) is 2.76. The molecule has 5 heteroatoms. The van der Waals surface area contributed by atoms with E-state index in [1.807, 2.05) is 51.1 Å². The molecule has 0 bridgehead atoms. The molecule has 0 spiro atoms. The number of ketones is 2. The Morgan fingerprint density at radius 1 is 1.04 bits per heavy atom. The second-order valence-corrected chi connectivity index (χ2v) is 7.57. The van der Waals surface area contributed by atoms with Gasteiger partial charge in [-0.3, -0.25) is 14.4 Å². The third-order valence-corrected chi connectivity index (χ3v) is 4.52. The van der Waals surface area contributed by atoms with Gasteiger partial charge in [0.2, 0.25) is 17.5 Å². The Morgan fingerprint density at radius 3 is 2.30 bits per heavy atom. The molecule has 1 aromatic carbocycles. The van der Waals surface area contributed by atoms with E-state index in [9.17, 15) is 14.4 Å². The van der Waals surface area contributed by atoms with Crippen molar-refractivity contribution in [2.24, 2.45) is 11.7 Å². The number of Topliss-reactive ketones (excluding diaryl/α,β-unsaturated/α-hetero) is 2. The largest absolute Gasteiger partial charge is 0.346 e. The number of hydrogen-bond acceptors (Lipinski definition) is 4. The van der Waals surface area contributed by atoms with Crippen LogP contribution in [0.2, 0.25) is 0 Å². The lowest BCUT2D eigenvalue weighted by atomic mass is 9.94. The number of carbonyl (C=O) groups is 3. The van der Waals surface area contributed by atoms with Crippen LogP contribution in [0, 0.1) is 5.92 Å². The molecule has 0 aromatic heterocycles. The van der Waals surface area contributed by atoms with E-state index in [2.05, 4.69) is 5.32 Å². The molecule has 0 aliphatic rings. The highest BCUT2D eigenvalue weighted by atomic mass is 16.2. The molecule has 0 saturated heterocycles. The third-order valence-electron chi connectivity index (χ3n) is 4.52. The van der Waals surface area contributed by atoms with Crippen molar-refractivity contribution in [1.29, 1.82) is 0 Å². The maximum absolute atomic E-state index is 12.6. The summed E-state index contributed by atoms with van der Waals surface area (Å²) < 4.78 is 0. The van der Waals surface area contributed by atoms with Gasteiger partial charge in [0.05, 0.1) is 12.1 Å². The van der Waals surface area contributed by atoms with Gasteiger partial charge in [-0.05, 0) is 37.2 Å². The van der Waals surface area contributed by atoms with Crippen LogP contribution < -0.4 is 11.1 Å². The summed E-state index contributed by atoms with van der Waals surface area (Å²) in [7, 11) is 0. The summed E-state index contributed by atoms with van der Waals surface area (Å²) in [4.78, 5) is 37.2. The van der Waals surface area contributed by atoms with Gasteiger partial charge in [-0.2, -0.15) is 0 Å². The van der Waals surface area contributed by atoms with Crippen LogP contribution >= 0.6 is 0 Å². The minimum Gasteiger partial charge on any atom is -0.346 e. The lowest BCUT2D eigenvalue weighted by Crippen LogP contribution is -2.48. The van der Waals surface area contributed by atoms with Crippen molar-refractivity contribution in [3.05, 3.63) is 35.9 Å². The standard InChI is InChI=1S/C22H34N2O3/c1-4-5-13-19(22(27)21(26)18(23)15-16(2)3)24-20(25)14-9-12-17-10-7-6-8-11-17/h6-8,10-11,16,18-19H,4-5,9,12-15,23H2,1-3H3,(H,24,25)/t18-,19-/m0/s1. The van der Waals surface area contributed by atoms with Gasteiger partial charge in [0.1, 0.15) is 0 Å². The van der Waals surface area contributed by atoms with Gasteiger partial charge in [0.25, 0.3) is 0 Å². The molecule has 0 saturated carbocycles. The van der Waals surface area contributed by atoms with E-state index in [1.54, 1.807) is 0 Å². The van der Waals surface area contributed by atoms with Gasteiger partial charge < -0.3 is 11.1 Å². The number of rotatable bonds is 13. The molecule has 3 N–H and O–H groups in total. The van der Waals surface area contributed by atoms with Crippen molar-refractivity contribution in [2.75, 3.05) is 0 Å². The lowest BCUT2D eigenvalue weighted by Gasteiger charge is -2.19. The molecule has 27 heavy (non-hydrogen) atoms. The van der Waals surface area contributed by atoms with Crippen LogP contribution in [0.4, 0.5) is 0 Å². The second kappa shape index (κ2) is 12.4. The molecule has 1 amide bonds. The maximum Gasteiger partial charge on any atom is 0.222 e. The Balaban J connectivity index is 2.57. The Labute approximate surface area is 163 Å². The lowest BCUT2D eigenvalue weighted by molar-refractivity contribution is -0.139. The number of nitrogens with two attached hydrogens (primary N) is 1. The number of carbonyl (C=O) groups excluding carboxylic acids is 3. The van der Waals surface area contributed by atoms with Crippen molar-refractivity contribution in [3.63, 3.8) is 0 Å². The van der Waals surface area contributed by atoms with Crippen LogP contribution in [-0.4, -0.2) is 29.6 Å². The predicted molar refractivity (Wildman–Crippen MR) is 108 cm³/mol. The first-order valence-electron chi connectivity index (χ1n) is 10.0. The van der Waals surface area contributed by atoms with Crippen LogP contribution in [0.1, 0.15) is 64.9 Å². The normalized spacial score (nSPS) is 13.2. The highest BCUT2D eigenvalue weighted by Gasteiger charge is 2.30. The SMILES string of the molecule is CCCC[C@H](NC(=O)CCCc1ccccc1)C(=O)C(=O)[C@@H](N)CC(C)C. The van der Waals surface area contributed by atoms with Crippen molar-refractivity contribution in [1.82, 2.24) is 5.32 Å². The fraction of sp³-hybridized carbons (Fsp3) is 0.591. The third kappa shape index (κ3) is 8.96. The van der Waals surface area contributed by atoms with Crippen LogP contribution in [0.25, 0.3) is 0 Å². The molecule has 0 aliphatic heterocycles. The molecule has 0 aliphatic carbocycles. The van der Waals surface area contributed by atoms with Crippen molar-refractivity contribution >= 4 is 17.5 Å². The molecule has 5 nitrogen and oxygen atoms in total. The second-order valence-electron chi connectivity index (χ2n) is 7.57. The molecular formula is C22H34N2O3. The molecule has 150 valence electrons. The zero-order valence-corrected chi connectivity index (χ0v) is 16.9. The van der Waals surface area contributed by atoms with E-state index >= 15 is 0 Å². The zero-order chi connectivity index (χ0) is 20.2. The van der Waals surface area contributed by atoms with E-state index in [0.717, 1.165) is 19.3 Å². The summed E-state index contributed by atoms with van der Waals surface area (Å²) in [6.45, 7) is 5.93. The molecular weight excluding hydrogens is 340 g/mol. The van der Waals surface area contributed by atoms with Crippen LogP contribution in [-0.2, 0) is 20.8 Å². The topological polar surface area (TPSA) is 89.3 Å². The van der Waals surface area contributed by atoms with Gasteiger partial charge in [-0.15, -0.1) is 0 Å². The Hall–Kier alpha value is -2.01. The fourth-order valence-electron chi connectivity index (χ4n) is 3.01. The minimum absolute atomic E-state index is 0.189. The number of hydrogen-bond donors (Lipinski definition) is 2. The Kier molecular flexibility index (Phi) is 10.6. The number of nitrogens with one attached hydrogen (secondary N) is 1. The molecule has 0 radical (unpaired) electrons. The predicted octanol–water partition coefficient (Wildman–Crippen LogP) is 3.20. The summed E-state index contributed by atoms with van der Waals surface area (Å²) in [5.41, 5.74) is 7.06. The first kappa shape index (κ1) is 23.0. The van der Waals surface area contributed by atoms with Crippen molar-refractivity contribution in [2.45, 2.75) is 77.8 Å². The molecule has 0 fully saturated rings. The summed E-state index contributed by atoms with van der Waals surface area (Å²) >= 11 is 0. The Morgan fingerprint density at radius 2 is 1.70 bits per heavy atom. The summed E-state index contributed by atoms with van der Waals surface area (Å²) in [6, 6.07) is 8.40. The van der Waals surface area contributed by atoms with E-state index in [-0.39, 0.29) is 11.8 Å². The van der Waals surface area contributed by atoms with Crippen LogP contribution in [0.5, 0.6) is 0 Å². The molecule has 1 rings (SSSR count). The number of amides is 1. The van der Waals surface area contributed by atoms with Gasteiger partial charge in [0, 0.05) is 6.42 Å². The van der Waals surface area contributed by atoms with E-state index in [4.69, 9.17) is 5.73 Å².